The van der Waals surface area contributed by atoms with Crippen molar-refractivity contribution in [3.8, 4) is 0 Å². The summed E-state index contributed by atoms with van der Waals surface area (Å²) < 4.78 is 30.3. The molecule has 7 heteroatoms. The second-order valence-electron chi connectivity index (χ2n) is 2.96. The molecular weight excluding hydrogens is 252 g/mol. The maximum absolute atomic E-state index is 11.5. The molecule has 0 aliphatic heterocycles. The molecule has 1 aromatic heterocycles. The SMILES string of the molecule is CCOCCS(=O)(=O)Nc1cccc(Cl)n1. The predicted molar refractivity (Wildman–Crippen MR) is 63.1 cm³/mol. The van der Waals surface area contributed by atoms with Crippen LogP contribution >= 0.6 is 11.6 Å². The van der Waals surface area contributed by atoms with Gasteiger partial charge in [0.25, 0.3) is 0 Å². The second kappa shape index (κ2) is 6.03. The van der Waals surface area contributed by atoms with Gasteiger partial charge in [0.05, 0.1) is 12.4 Å². The van der Waals surface area contributed by atoms with E-state index in [2.05, 4.69) is 9.71 Å². The zero-order valence-corrected chi connectivity index (χ0v) is 10.4. The molecule has 0 saturated heterocycles. The first-order valence-corrected chi connectivity index (χ1v) is 6.77. The molecule has 0 radical (unpaired) electrons. The van der Waals surface area contributed by atoms with Gasteiger partial charge in [-0.3, -0.25) is 4.72 Å². The number of ether oxygens (including phenoxy) is 1. The highest BCUT2D eigenvalue weighted by molar-refractivity contribution is 7.92. The van der Waals surface area contributed by atoms with Crippen molar-refractivity contribution in [3.63, 3.8) is 0 Å². The van der Waals surface area contributed by atoms with E-state index >= 15 is 0 Å². The molecule has 0 aromatic carbocycles. The van der Waals surface area contributed by atoms with E-state index in [1.165, 1.54) is 6.07 Å². The Labute approximate surface area is 99.8 Å². The third kappa shape index (κ3) is 4.78. The smallest absolute Gasteiger partial charge is 0.236 e. The van der Waals surface area contributed by atoms with Crippen LogP contribution in [0.15, 0.2) is 18.2 Å². The zero-order chi connectivity index (χ0) is 12.0. The summed E-state index contributed by atoms with van der Waals surface area (Å²) in [5.74, 6) is 0.110. The summed E-state index contributed by atoms with van der Waals surface area (Å²) >= 11 is 5.63. The number of nitrogens with zero attached hydrogens (tertiary/aromatic N) is 1. The van der Waals surface area contributed by atoms with Gasteiger partial charge in [-0.2, -0.15) is 0 Å². The molecule has 0 atom stereocenters. The van der Waals surface area contributed by atoms with Crippen LogP contribution in [0.4, 0.5) is 5.82 Å². The summed E-state index contributed by atoms with van der Waals surface area (Å²) in [4.78, 5) is 3.82. The number of nitrogens with one attached hydrogen (secondary N) is 1. The van der Waals surface area contributed by atoms with Crippen LogP contribution < -0.4 is 4.72 Å². The van der Waals surface area contributed by atoms with Gasteiger partial charge < -0.3 is 4.74 Å². The highest BCUT2D eigenvalue weighted by atomic mass is 35.5. The summed E-state index contributed by atoms with van der Waals surface area (Å²) in [6, 6.07) is 4.72. The summed E-state index contributed by atoms with van der Waals surface area (Å²) in [7, 11) is -3.42. The summed E-state index contributed by atoms with van der Waals surface area (Å²) in [6.07, 6.45) is 0. The number of pyridine rings is 1. The third-order valence-electron chi connectivity index (χ3n) is 1.68. The van der Waals surface area contributed by atoms with Crippen molar-refractivity contribution in [2.75, 3.05) is 23.7 Å². The van der Waals surface area contributed by atoms with Crippen LogP contribution in [0.3, 0.4) is 0 Å². The summed E-state index contributed by atoms with van der Waals surface area (Å²) in [5.41, 5.74) is 0. The Balaban J connectivity index is 2.59. The molecule has 1 rings (SSSR count). The number of hydrogen-bond acceptors (Lipinski definition) is 4. The van der Waals surface area contributed by atoms with Gasteiger partial charge in [0.1, 0.15) is 11.0 Å². The maximum Gasteiger partial charge on any atom is 0.236 e. The zero-order valence-electron chi connectivity index (χ0n) is 8.81. The molecule has 5 nitrogen and oxygen atoms in total. The minimum atomic E-state index is -3.42. The second-order valence-corrected chi connectivity index (χ2v) is 5.19. The van der Waals surface area contributed by atoms with E-state index in [1.54, 1.807) is 19.1 Å². The van der Waals surface area contributed by atoms with Gasteiger partial charge in [-0.05, 0) is 19.1 Å². The first kappa shape index (κ1) is 13.2. The van der Waals surface area contributed by atoms with Crippen molar-refractivity contribution in [2.24, 2.45) is 0 Å². The van der Waals surface area contributed by atoms with E-state index in [4.69, 9.17) is 16.3 Å². The molecule has 0 bridgehead atoms. The van der Waals surface area contributed by atoms with E-state index in [-0.39, 0.29) is 23.3 Å². The van der Waals surface area contributed by atoms with Crippen LogP contribution in [0.2, 0.25) is 5.15 Å². The average Bonchev–Trinajstić information content (AvgIpc) is 2.17. The first-order valence-electron chi connectivity index (χ1n) is 4.74. The van der Waals surface area contributed by atoms with Crippen LogP contribution in [0.5, 0.6) is 0 Å². The van der Waals surface area contributed by atoms with Crippen LogP contribution in [0.1, 0.15) is 6.92 Å². The molecule has 0 spiro atoms. The Morgan fingerprint density at radius 2 is 2.25 bits per heavy atom. The Bertz CT molecular complexity index is 436. The lowest BCUT2D eigenvalue weighted by molar-refractivity contribution is 0.163. The fourth-order valence-corrected chi connectivity index (χ4v) is 2.02. The topological polar surface area (TPSA) is 68.3 Å². The lowest BCUT2D eigenvalue weighted by Crippen LogP contribution is -2.20. The van der Waals surface area contributed by atoms with Crippen LogP contribution in [0, 0.1) is 0 Å². The molecule has 1 N–H and O–H groups in total. The van der Waals surface area contributed by atoms with Crippen LogP contribution in [-0.2, 0) is 14.8 Å². The number of sulfonamides is 1. The van der Waals surface area contributed by atoms with Gasteiger partial charge in [0, 0.05) is 6.61 Å². The van der Waals surface area contributed by atoms with Crippen LogP contribution in [0.25, 0.3) is 0 Å². The summed E-state index contributed by atoms with van der Waals surface area (Å²) in [5, 5.41) is 0.241. The Morgan fingerprint density at radius 3 is 2.88 bits per heavy atom. The predicted octanol–water partition coefficient (Wildman–Crippen LogP) is 1.51. The first-order chi connectivity index (χ1) is 7.53. The molecule has 0 aliphatic rings. The highest BCUT2D eigenvalue weighted by Gasteiger charge is 2.10. The van der Waals surface area contributed by atoms with Gasteiger partial charge in [0.15, 0.2) is 0 Å². The van der Waals surface area contributed by atoms with E-state index in [0.717, 1.165) is 0 Å². The van der Waals surface area contributed by atoms with Crippen molar-refractivity contribution >= 4 is 27.4 Å². The Kier molecular flexibility index (Phi) is 4.98. The fourth-order valence-electron chi connectivity index (χ4n) is 0.988. The molecular formula is C9H13ClN2O3S. The molecule has 90 valence electrons. The van der Waals surface area contributed by atoms with Gasteiger partial charge in [0.2, 0.25) is 10.0 Å². The molecule has 1 aromatic rings. The van der Waals surface area contributed by atoms with Crippen LogP contribution in [-0.4, -0.2) is 32.4 Å². The lowest BCUT2D eigenvalue weighted by atomic mass is 10.5. The summed E-state index contributed by atoms with van der Waals surface area (Å²) in [6.45, 7) is 2.45. The molecule has 0 aliphatic carbocycles. The molecule has 0 unspecified atom stereocenters. The van der Waals surface area contributed by atoms with E-state index in [1.807, 2.05) is 0 Å². The molecule has 0 saturated carbocycles. The number of aromatic nitrogens is 1. The third-order valence-corrected chi connectivity index (χ3v) is 3.11. The van der Waals surface area contributed by atoms with Gasteiger partial charge in [-0.1, -0.05) is 17.7 Å². The normalized spacial score (nSPS) is 11.4. The molecule has 0 fully saturated rings. The van der Waals surface area contributed by atoms with Crippen molar-refractivity contribution in [3.05, 3.63) is 23.4 Å². The fraction of sp³-hybridized carbons (Fsp3) is 0.444. The van der Waals surface area contributed by atoms with Crippen molar-refractivity contribution in [2.45, 2.75) is 6.92 Å². The number of hydrogen-bond donors (Lipinski definition) is 1. The molecule has 1 heterocycles. The Morgan fingerprint density at radius 1 is 1.50 bits per heavy atom. The lowest BCUT2D eigenvalue weighted by Gasteiger charge is -2.07. The quantitative estimate of drug-likeness (QED) is 0.625. The van der Waals surface area contributed by atoms with E-state index in [0.29, 0.717) is 6.61 Å². The average molecular weight is 265 g/mol. The van der Waals surface area contributed by atoms with Crippen molar-refractivity contribution in [1.82, 2.24) is 4.98 Å². The van der Waals surface area contributed by atoms with Crippen molar-refractivity contribution < 1.29 is 13.2 Å². The van der Waals surface area contributed by atoms with Crippen molar-refractivity contribution in [1.29, 1.82) is 0 Å². The minimum absolute atomic E-state index is 0.102. The highest BCUT2D eigenvalue weighted by Crippen LogP contribution is 2.10. The monoisotopic (exact) mass is 264 g/mol. The Hall–Kier alpha value is -0.850. The van der Waals surface area contributed by atoms with Gasteiger partial charge >= 0.3 is 0 Å². The largest absolute Gasteiger partial charge is 0.381 e. The van der Waals surface area contributed by atoms with Gasteiger partial charge in [-0.25, -0.2) is 13.4 Å². The standard InChI is InChI=1S/C9H13ClN2O3S/c1-2-15-6-7-16(13,14)12-9-5-3-4-8(10)11-9/h3-5H,2,6-7H2,1H3,(H,11,12). The number of halogens is 1. The maximum atomic E-state index is 11.5. The molecule has 16 heavy (non-hydrogen) atoms. The van der Waals surface area contributed by atoms with E-state index in [9.17, 15) is 8.42 Å². The molecule has 0 amide bonds. The number of rotatable bonds is 6. The minimum Gasteiger partial charge on any atom is -0.381 e. The van der Waals surface area contributed by atoms with Gasteiger partial charge in [-0.15, -0.1) is 0 Å². The number of anilines is 1. The van der Waals surface area contributed by atoms with E-state index < -0.39 is 10.0 Å².